The van der Waals surface area contributed by atoms with E-state index in [1.165, 1.54) is 12.1 Å². The van der Waals surface area contributed by atoms with Gasteiger partial charge < -0.3 is 9.72 Å². The molecule has 0 saturated heterocycles. The number of benzene rings is 2. The Bertz CT molecular complexity index is 1140. The van der Waals surface area contributed by atoms with E-state index in [9.17, 15) is 9.18 Å². The quantitative estimate of drug-likeness (QED) is 0.495. The third-order valence-corrected chi connectivity index (χ3v) is 4.81. The van der Waals surface area contributed by atoms with Gasteiger partial charge in [-0.15, -0.1) is 0 Å². The minimum Gasteiger partial charge on any atom is -0.325 e. The van der Waals surface area contributed by atoms with Crippen LogP contribution in [0.5, 0.6) is 0 Å². The number of hydrogen-bond donors (Lipinski definition) is 1. The molecule has 4 nitrogen and oxygen atoms in total. The first-order valence-corrected chi connectivity index (χ1v) is 9.26. The largest absolute Gasteiger partial charge is 0.325 e. The number of pyridine rings is 1. The molecule has 140 valence electrons. The lowest BCUT2D eigenvalue weighted by Gasteiger charge is -2.08. The van der Waals surface area contributed by atoms with Gasteiger partial charge in [0.25, 0.3) is 0 Å². The lowest BCUT2D eigenvalue weighted by molar-refractivity contribution is -0.116. The van der Waals surface area contributed by atoms with Gasteiger partial charge in [0.05, 0.1) is 22.1 Å². The van der Waals surface area contributed by atoms with E-state index in [4.69, 9.17) is 11.6 Å². The Balaban J connectivity index is 1.60. The van der Waals surface area contributed by atoms with Crippen molar-refractivity contribution in [3.63, 3.8) is 0 Å². The summed E-state index contributed by atoms with van der Waals surface area (Å²) < 4.78 is 15.3. The van der Waals surface area contributed by atoms with Crippen molar-refractivity contribution in [3.05, 3.63) is 89.5 Å². The van der Waals surface area contributed by atoms with Gasteiger partial charge in [0.1, 0.15) is 11.5 Å². The number of fused-ring (bicyclic) bond motifs is 1. The second kappa shape index (κ2) is 7.82. The summed E-state index contributed by atoms with van der Waals surface area (Å²) in [5.41, 5.74) is 3.83. The van der Waals surface area contributed by atoms with Crippen LogP contribution in [0.3, 0.4) is 0 Å². The molecule has 0 aliphatic rings. The summed E-state index contributed by atoms with van der Waals surface area (Å²) in [6.45, 7) is 0. The molecule has 0 saturated carbocycles. The molecule has 0 spiro atoms. The highest BCUT2D eigenvalue weighted by Crippen LogP contribution is 2.26. The van der Waals surface area contributed by atoms with Crippen molar-refractivity contribution in [2.24, 2.45) is 0 Å². The number of anilines is 1. The van der Waals surface area contributed by atoms with Gasteiger partial charge >= 0.3 is 0 Å². The zero-order chi connectivity index (χ0) is 19.5. The van der Waals surface area contributed by atoms with Crippen molar-refractivity contribution in [3.8, 4) is 11.3 Å². The van der Waals surface area contributed by atoms with Gasteiger partial charge in [-0.2, -0.15) is 0 Å². The summed E-state index contributed by atoms with van der Waals surface area (Å²) in [6.07, 6.45) is 2.66. The second-order valence-electron chi connectivity index (χ2n) is 6.37. The highest BCUT2D eigenvalue weighted by Gasteiger charge is 2.15. The lowest BCUT2D eigenvalue weighted by atomic mass is 10.1. The van der Waals surface area contributed by atoms with E-state index in [0.717, 1.165) is 22.6 Å². The molecule has 1 amide bonds. The van der Waals surface area contributed by atoms with Crippen LogP contribution in [0.1, 0.15) is 12.1 Å². The predicted molar refractivity (Wildman–Crippen MR) is 109 cm³/mol. The first kappa shape index (κ1) is 18.2. The van der Waals surface area contributed by atoms with Crippen LogP contribution in [-0.4, -0.2) is 15.3 Å². The van der Waals surface area contributed by atoms with E-state index in [0.29, 0.717) is 17.1 Å². The van der Waals surface area contributed by atoms with Gasteiger partial charge in [-0.3, -0.25) is 4.79 Å². The molecule has 4 rings (SSSR count). The number of para-hydroxylation sites is 1. The van der Waals surface area contributed by atoms with Crippen LogP contribution in [0.25, 0.3) is 16.9 Å². The molecule has 2 aromatic carbocycles. The van der Waals surface area contributed by atoms with E-state index in [1.807, 2.05) is 40.9 Å². The Morgan fingerprint density at radius 2 is 1.79 bits per heavy atom. The van der Waals surface area contributed by atoms with Crippen molar-refractivity contribution in [1.82, 2.24) is 9.38 Å². The summed E-state index contributed by atoms with van der Waals surface area (Å²) in [6, 6.07) is 19.1. The van der Waals surface area contributed by atoms with Crippen LogP contribution in [-0.2, 0) is 11.2 Å². The molecule has 0 aliphatic carbocycles. The minimum atomic E-state index is -0.298. The number of nitrogens with zero attached hydrogens (tertiary/aromatic N) is 2. The first-order valence-electron chi connectivity index (χ1n) is 8.88. The summed E-state index contributed by atoms with van der Waals surface area (Å²) >= 11 is 6.10. The Morgan fingerprint density at radius 1 is 1.04 bits per heavy atom. The van der Waals surface area contributed by atoms with E-state index in [1.54, 1.807) is 24.3 Å². The maximum absolute atomic E-state index is 13.3. The van der Waals surface area contributed by atoms with Crippen LogP contribution >= 0.6 is 11.6 Å². The molecule has 6 heteroatoms. The fourth-order valence-corrected chi connectivity index (χ4v) is 3.31. The van der Waals surface area contributed by atoms with Gasteiger partial charge in [0, 0.05) is 18.2 Å². The topological polar surface area (TPSA) is 46.4 Å². The Kier molecular flexibility index (Phi) is 5.08. The summed E-state index contributed by atoms with van der Waals surface area (Å²) in [4.78, 5) is 17.1. The number of amides is 1. The molecule has 0 atom stereocenters. The first-order chi connectivity index (χ1) is 13.6. The zero-order valence-corrected chi connectivity index (χ0v) is 15.7. The van der Waals surface area contributed by atoms with Crippen LogP contribution in [0, 0.1) is 5.82 Å². The SMILES string of the molecule is O=C(CCc1c(-c2ccc(F)cc2)nc2ccccn12)Nc1ccccc1Cl. The van der Waals surface area contributed by atoms with E-state index >= 15 is 0 Å². The summed E-state index contributed by atoms with van der Waals surface area (Å²) in [5.74, 6) is -0.433. The molecule has 4 aromatic rings. The number of aryl methyl sites for hydroxylation is 1. The lowest BCUT2D eigenvalue weighted by Crippen LogP contribution is -2.13. The normalized spacial score (nSPS) is 10.9. The highest BCUT2D eigenvalue weighted by atomic mass is 35.5. The van der Waals surface area contributed by atoms with Gasteiger partial charge in [-0.25, -0.2) is 9.37 Å². The summed E-state index contributed by atoms with van der Waals surface area (Å²) in [7, 11) is 0. The van der Waals surface area contributed by atoms with Crippen molar-refractivity contribution >= 4 is 28.8 Å². The predicted octanol–water partition coefficient (Wildman–Crippen LogP) is 5.37. The standard InChI is InChI=1S/C22H17ClFN3O/c23-17-5-1-2-6-18(17)25-21(28)13-12-19-22(15-8-10-16(24)11-9-15)26-20-7-3-4-14-27(19)20/h1-11,14H,12-13H2,(H,25,28). The average molecular weight is 394 g/mol. The molecule has 2 heterocycles. The Labute approximate surface area is 166 Å². The molecule has 0 aliphatic heterocycles. The van der Waals surface area contributed by atoms with Gasteiger partial charge in [0.15, 0.2) is 0 Å². The van der Waals surface area contributed by atoms with Gasteiger partial charge in [-0.05, 0) is 55.0 Å². The van der Waals surface area contributed by atoms with Crippen molar-refractivity contribution in [2.75, 3.05) is 5.32 Å². The van der Waals surface area contributed by atoms with Crippen LogP contribution < -0.4 is 5.32 Å². The fourth-order valence-electron chi connectivity index (χ4n) is 3.13. The van der Waals surface area contributed by atoms with Crippen molar-refractivity contribution in [2.45, 2.75) is 12.8 Å². The molecule has 0 fully saturated rings. The van der Waals surface area contributed by atoms with E-state index in [-0.39, 0.29) is 18.1 Å². The number of aromatic nitrogens is 2. The number of carbonyl (C=O) groups is 1. The number of nitrogens with one attached hydrogen (secondary N) is 1. The molecular weight excluding hydrogens is 377 g/mol. The number of hydrogen-bond acceptors (Lipinski definition) is 2. The third kappa shape index (κ3) is 3.75. The highest BCUT2D eigenvalue weighted by molar-refractivity contribution is 6.33. The fraction of sp³-hybridized carbons (Fsp3) is 0.0909. The van der Waals surface area contributed by atoms with Gasteiger partial charge in [-0.1, -0.05) is 29.8 Å². The van der Waals surface area contributed by atoms with Crippen LogP contribution in [0.2, 0.25) is 5.02 Å². The average Bonchev–Trinajstić information content (AvgIpc) is 3.07. The minimum absolute atomic E-state index is 0.135. The monoisotopic (exact) mass is 393 g/mol. The molecule has 2 aromatic heterocycles. The van der Waals surface area contributed by atoms with Crippen LogP contribution in [0.15, 0.2) is 72.9 Å². The molecule has 0 unspecified atom stereocenters. The van der Waals surface area contributed by atoms with Crippen molar-refractivity contribution in [1.29, 1.82) is 0 Å². The Hall–Kier alpha value is -3.18. The van der Waals surface area contributed by atoms with E-state index in [2.05, 4.69) is 10.3 Å². The molecule has 1 N–H and O–H groups in total. The number of carbonyl (C=O) groups excluding carboxylic acids is 1. The number of imidazole rings is 1. The molecule has 0 radical (unpaired) electrons. The maximum Gasteiger partial charge on any atom is 0.224 e. The van der Waals surface area contributed by atoms with Crippen LogP contribution in [0.4, 0.5) is 10.1 Å². The van der Waals surface area contributed by atoms with E-state index < -0.39 is 0 Å². The third-order valence-electron chi connectivity index (χ3n) is 4.48. The zero-order valence-electron chi connectivity index (χ0n) is 14.9. The number of halogens is 2. The molecule has 0 bridgehead atoms. The smallest absolute Gasteiger partial charge is 0.224 e. The summed E-state index contributed by atoms with van der Waals surface area (Å²) in [5, 5.41) is 3.34. The maximum atomic E-state index is 13.3. The molecule has 28 heavy (non-hydrogen) atoms. The Morgan fingerprint density at radius 3 is 2.57 bits per heavy atom. The second-order valence-corrected chi connectivity index (χ2v) is 6.78. The molecular formula is C22H17ClFN3O. The number of rotatable bonds is 5. The van der Waals surface area contributed by atoms with Crippen molar-refractivity contribution < 1.29 is 9.18 Å². The van der Waals surface area contributed by atoms with Gasteiger partial charge in [0.2, 0.25) is 5.91 Å².